The second-order valence-corrected chi connectivity index (χ2v) is 8.25. The number of hydrogen-bond acceptors (Lipinski definition) is 8. The van der Waals surface area contributed by atoms with Crippen LogP contribution in [0.25, 0.3) is 0 Å². The first kappa shape index (κ1) is 31.8. The van der Waals surface area contributed by atoms with Crippen LogP contribution in [0.2, 0.25) is 0 Å². The molecule has 4 N–H and O–H groups in total. The van der Waals surface area contributed by atoms with Gasteiger partial charge in [-0.3, -0.25) is 0 Å². The largest absolute Gasteiger partial charge is 0.506 e. The number of unbranched alkanes of at least 4 members (excludes halogenated alkanes) is 2. The Morgan fingerprint density at radius 2 is 1.43 bits per heavy atom. The van der Waals surface area contributed by atoms with E-state index < -0.39 is 0 Å². The minimum absolute atomic E-state index is 0. The van der Waals surface area contributed by atoms with Crippen molar-refractivity contribution in [1.29, 1.82) is 0 Å². The summed E-state index contributed by atoms with van der Waals surface area (Å²) in [5, 5.41) is 30.0. The number of aromatic hydroxyl groups is 1. The maximum Gasteiger partial charge on any atom is 0.148 e. The van der Waals surface area contributed by atoms with Crippen LogP contribution in [0.4, 0.5) is 28.4 Å². The first-order chi connectivity index (χ1) is 17.5. The minimum Gasteiger partial charge on any atom is -0.506 e. The first-order valence-electron chi connectivity index (χ1n) is 12.3. The third-order valence-corrected chi connectivity index (χ3v) is 5.21. The van der Waals surface area contributed by atoms with Gasteiger partial charge in [0.1, 0.15) is 22.9 Å². The van der Waals surface area contributed by atoms with Gasteiger partial charge < -0.3 is 20.9 Å². The first-order valence-corrected chi connectivity index (χ1v) is 12.3. The van der Waals surface area contributed by atoms with E-state index in [0.29, 0.717) is 28.5 Å². The monoisotopic (exact) mass is 549 g/mol. The molecule has 0 saturated heterocycles. The maximum absolute atomic E-state index is 9.88. The van der Waals surface area contributed by atoms with Crippen molar-refractivity contribution < 1.29 is 26.6 Å². The molecule has 0 spiro atoms. The Kier molecular flexibility index (Phi) is 15.5. The van der Waals surface area contributed by atoms with Gasteiger partial charge in [-0.1, -0.05) is 44.9 Å². The number of azo groups is 2. The zero-order valence-corrected chi connectivity index (χ0v) is 23.1. The second kappa shape index (κ2) is 18.0. The molecule has 0 aliphatic rings. The van der Waals surface area contributed by atoms with Crippen molar-refractivity contribution in [2.45, 2.75) is 46.5 Å². The molecule has 0 bridgehead atoms. The Hall–Kier alpha value is -3.27. The summed E-state index contributed by atoms with van der Waals surface area (Å²) >= 11 is 0. The zero-order valence-electron chi connectivity index (χ0n) is 22.1. The summed E-state index contributed by atoms with van der Waals surface area (Å²) in [5.74, 6) is 0.462. The molecule has 0 fully saturated rings. The van der Waals surface area contributed by atoms with E-state index in [2.05, 4.69) is 39.6 Å². The number of phenols is 1. The number of nitrogens with zero attached hydrogens (tertiary/aromatic N) is 4. The van der Waals surface area contributed by atoms with Gasteiger partial charge in [-0.2, -0.15) is 10.2 Å². The van der Waals surface area contributed by atoms with Crippen molar-refractivity contribution in [1.82, 2.24) is 5.32 Å². The zero-order chi connectivity index (χ0) is 26.2. The Morgan fingerprint density at radius 1 is 0.811 bits per heavy atom. The average molecular weight is 550 g/mol. The molecule has 0 saturated carbocycles. The van der Waals surface area contributed by atoms with Crippen LogP contribution < -0.4 is 15.8 Å². The fourth-order valence-corrected chi connectivity index (χ4v) is 3.08. The van der Waals surface area contributed by atoms with E-state index in [1.165, 1.54) is 44.8 Å². The van der Waals surface area contributed by atoms with E-state index in [1.54, 1.807) is 31.4 Å². The van der Waals surface area contributed by atoms with Crippen molar-refractivity contribution >= 4 is 28.4 Å². The molecule has 8 nitrogen and oxygen atoms in total. The van der Waals surface area contributed by atoms with E-state index in [1.807, 2.05) is 37.3 Å². The summed E-state index contributed by atoms with van der Waals surface area (Å²) in [6, 6.07) is 17.7. The molecule has 0 amide bonds. The maximum atomic E-state index is 9.88. The summed E-state index contributed by atoms with van der Waals surface area (Å²) in [7, 11) is 1.54. The fraction of sp³-hybridized carbons (Fsp3) is 0.357. The van der Waals surface area contributed by atoms with Crippen LogP contribution in [-0.4, -0.2) is 25.3 Å². The molecule has 0 heterocycles. The molecule has 0 aromatic heterocycles. The van der Waals surface area contributed by atoms with E-state index in [9.17, 15) is 5.11 Å². The van der Waals surface area contributed by atoms with Crippen LogP contribution in [0, 0.1) is 6.92 Å². The summed E-state index contributed by atoms with van der Waals surface area (Å²) in [6.45, 7) is 8.76. The number of hydrogen-bond donors (Lipinski definition) is 3. The van der Waals surface area contributed by atoms with Crippen molar-refractivity contribution in [3.63, 3.8) is 0 Å². The van der Waals surface area contributed by atoms with Crippen molar-refractivity contribution in [3.05, 3.63) is 66.2 Å². The standard InChI is InChI=1S/C20H19N5O2.C8H19N.Co/c1-13-10-18(25-23-16-9-8-14(21)11-19(16)26)20(27-2)12-17(13)24-22-15-6-4-3-5-7-15;1-3-5-7-9-8-6-4-2;/h3-12,26H,21H2,1-2H3;9H,3-8H2,1-2H3;. The van der Waals surface area contributed by atoms with Gasteiger partial charge in [0.05, 0.1) is 18.5 Å². The summed E-state index contributed by atoms with van der Waals surface area (Å²) in [5.41, 5.74) is 9.20. The van der Waals surface area contributed by atoms with E-state index >= 15 is 0 Å². The molecular weight excluding hydrogens is 511 g/mol. The van der Waals surface area contributed by atoms with Crippen molar-refractivity contribution in [3.8, 4) is 11.5 Å². The summed E-state index contributed by atoms with van der Waals surface area (Å²) in [6.07, 6.45) is 5.26. The number of nitrogens with one attached hydrogen (secondary N) is 1. The normalized spacial score (nSPS) is 10.7. The number of phenolic OH excluding ortho intramolecular Hbond substituents is 1. The van der Waals surface area contributed by atoms with Crippen molar-refractivity contribution in [2.24, 2.45) is 20.5 Å². The third-order valence-electron chi connectivity index (χ3n) is 5.21. The van der Waals surface area contributed by atoms with Gasteiger partial charge in [0.2, 0.25) is 0 Å². The van der Waals surface area contributed by atoms with Gasteiger partial charge >= 0.3 is 0 Å². The molecule has 3 aromatic rings. The molecule has 0 unspecified atom stereocenters. The molecule has 37 heavy (non-hydrogen) atoms. The van der Waals surface area contributed by atoms with Gasteiger partial charge in [0.15, 0.2) is 0 Å². The van der Waals surface area contributed by atoms with Gasteiger partial charge in [0, 0.05) is 34.6 Å². The Bertz CT molecular complexity index is 1120. The Balaban J connectivity index is 0.000000589. The quantitative estimate of drug-likeness (QED) is 0.127. The number of rotatable bonds is 11. The topological polar surface area (TPSA) is 117 Å². The van der Waals surface area contributed by atoms with Gasteiger partial charge in [-0.05, 0) is 68.8 Å². The van der Waals surface area contributed by atoms with E-state index in [4.69, 9.17) is 10.5 Å². The van der Waals surface area contributed by atoms with Crippen LogP contribution in [0.15, 0.2) is 81.1 Å². The average Bonchev–Trinajstić information content (AvgIpc) is 2.88. The molecule has 3 rings (SSSR count). The van der Waals surface area contributed by atoms with Gasteiger partial charge in [0.25, 0.3) is 0 Å². The third kappa shape index (κ3) is 11.5. The Labute approximate surface area is 230 Å². The van der Waals surface area contributed by atoms with Gasteiger partial charge in [-0.25, -0.2) is 0 Å². The molecular formula is C28H38CoN6O2. The number of anilines is 1. The van der Waals surface area contributed by atoms with Crippen molar-refractivity contribution in [2.75, 3.05) is 25.9 Å². The second-order valence-electron chi connectivity index (χ2n) is 8.25. The number of nitrogen functional groups attached to an aromatic ring is 1. The number of benzene rings is 3. The molecule has 3 aromatic carbocycles. The SMILES string of the molecule is CCCCNCCCC.COc1cc(N=Nc2ccccc2)c(C)cc1N=Nc1ccc(N)cc1O.[Co]. The minimum atomic E-state index is -0.0391. The van der Waals surface area contributed by atoms with E-state index in [-0.39, 0.29) is 22.5 Å². The molecule has 9 heteroatoms. The molecule has 0 aliphatic heterocycles. The van der Waals surface area contributed by atoms with Crippen LogP contribution in [0.1, 0.15) is 45.1 Å². The van der Waals surface area contributed by atoms with Crippen LogP contribution in [0.5, 0.6) is 11.5 Å². The number of methoxy groups -OCH3 is 1. The number of ether oxygens (including phenoxy) is 1. The molecule has 1 radical (unpaired) electrons. The smallest absolute Gasteiger partial charge is 0.148 e. The van der Waals surface area contributed by atoms with E-state index in [0.717, 1.165) is 11.3 Å². The predicted octanol–water partition coefficient (Wildman–Crippen LogP) is 8.30. The van der Waals surface area contributed by atoms with Crippen LogP contribution in [-0.2, 0) is 16.8 Å². The molecule has 201 valence electrons. The van der Waals surface area contributed by atoms with Crippen LogP contribution in [0.3, 0.4) is 0 Å². The molecule has 0 atom stereocenters. The fourth-order valence-electron chi connectivity index (χ4n) is 3.08. The number of nitrogens with two attached hydrogens (primary N) is 1. The summed E-state index contributed by atoms with van der Waals surface area (Å²) in [4.78, 5) is 0. The van der Waals surface area contributed by atoms with Gasteiger partial charge in [-0.15, -0.1) is 10.2 Å². The Morgan fingerprint density at radius 3 is 2.03 bits per heavy atom. The predicted molar refractivity (Wildman–Crippen MR) is 148 cm³/mol. The number of aryl methyl sites for hydroxylation is 1. The molecule has 0 aliphatic carbocycles. The summed E-state index contributed by atoms with van der Waals surface area (Å²) < 4.78 is 5.39. The van der Waals surface area contributed by atoms with Crippen LogP contribution >= 0.6 is 0 Å².